The number of nitrogens with one attached hydrogen (secondary N) is 1. The summed E-state index contributed by atoms with van der Waals surface area (Å²) in [5, 5.41) is 12.0. The molecule has 8 rings (SSSR count). The minimum atomic E-state index is -0.347. The fourth-order valence-electron chi connectivity index (χ4n) is 8.01. The van der Waals surface area contributed by atoms with Crippen molar-refractivity contribution in [2.75, 3.05) is 36.4 Å². The summed E-state index contributed by atoms with van der Waals surface area (Å²) in [6, 6.07) is 5.58. The van der Waals surface area contributed by atoms with Gasteiger partial charge in [0, 0.05) is 66.9 Å². The molecule has 5 heterocycles. The van der Waals surface area contributed by atoms with Crippen LogP contribution in [-0.2, 0) is 0 Å². The van der Waals surface area contributed by atoms with E-state index < -0.39 is 0 Å². The predicted molar refractivity (Wildman–Crippen MR) is 171 cm³/mol. The molecule has 238 valence electrons. The molecule has 1 unspecified atom stereocenters. The lowest BCUT2D eigenvalue weighted by Crippen LogP contribution is -2.65. The molecule has 0 bridgehead atoms. The first kappa shape index (κ1) is 29.1. The van der Waals surface area contributed by atoms with Gasteiger partial charge in [-0.3, -0.25) is 4.90 Å². The van der Waals surface area contributed by atoms with Gasteiger partial charge in [0.15, 0.2) is 5.82 Å². The minimum absolute atomic E-state index is 0.222. The zero-order valence-corrected chi connectivity index (χ0v) is 26.3. The van der Waals surface area contributed by atoms with E-state index in [1.54, 1.807) is 24.9 Å². The van der Waals surface area contributed by atoms with Gasteiger partial charge < -0.3 is 15.0 Å². The minimum Gasteiger partial charge on any atom is -0.434 e. The number of benzene rings is 1. The Hall–Kier alpha value is -4.32. The first-order valence-corrected chi connectivity index (χ1v) is 16.4. The van der Waals surface area contributed by atoms with Crippen LogP contribution < -0.4 is 15.0 Å². The van der Waals surface area contributed by atoms with Crippen LogP contribution in [0.4, 0.5) is 15.9 Å². The maximum atomic E-state index is 14.5. The largest absolute Gasteiger partial charge is 0.434 e. The van der Waals surface area contributed by atoms with Crippen LogP contribution in [0.5, 0.6) is 11.6 Å². The number of halogens is 1. The molecular weight excluding hydrogens is 583 g/mol. The Morgan fingerprint density at radius 1 is 0.957 bits per heavy atom. The molecule has 11 nitrogen and oxygen atoms in total. The lowest BCUT2D eigenvalue weighted by atomic mass is 9.68. The van der Waals surface area contributed by atoms with Crippen molar-refractivity contribution in [3.8, 4) is 22.8 Å². The second kappa shape index (κ2) is 11.8. The molecule has 12 heteroatoms. The van der Waals surface area contributed by atoms with Gasteiger partial charge in [-0.1, -0.05) is 13.8 Å². The van der Waals surface area contributed by atoms with Crippen LogP contribution in [-0.4, -0.2) is 78.3 Å². The van der Waals surface area contributed by atoms with Gasteiger partial charge in [-0.25, -0.2) is 29.3 Å². The van der Waals surface area contributed by atoms with E-state index in [0.717, 1.165) is 62.4 Å². The Kier molecular flexibility index (Phi) is 7.47. The summed E-state index contributed by atoms with van der Waals surface area (Å²) in [5.74, 6) is 2.78. The number of rotatable bonds is 10. The zero-order chi connectivity index (χ0) is 31.3. The van der Waals surface area contributed by atoms with E-state index in [1.165, 1.54) is 31.3 Å². The number of hydrogen-bond donors (Lipinski definition) is 1. The van der Waals surface area contributed by atoms with E-state index in [0.29, 0.717) is 52.8 Å². The molecule has 3 aromatic heterocycles. The zero-order valence-electron chi connectivity index (χ0n) is 26.3. The van der Waals surface area contributed by atoms with Crippen LogP contribution in [0.2, 0.25) is 0 Å². The molecule has 2 aliphatic heterocycles. The molecule has 1 aromatic carbocycles. The fourth-order valence-corrected chi connectivity index (χ4v) is 8.01. The van der Waals surface area contributed by atoms with Crippen LogP contribution >= 0.6 is 0 Å². The van der Waals surface area contributed by atoms with Crippen molar-refractivity contribution in [2.45, 2.75) is 64.0 Å². The lowest BCUT2D eigenvalue weighted by molar-refractivity contribution is -0.0656. The topological polar surface area (TPSA) is 118 Å². The van der Waals surface area contributed by atoms with E-state index in [1.807, 2.05) is 12.4 Å². The van der Waals surface area contributed by atoms with Crippen molar-refractivity contribution in [1.82, 2.24) is 40.0 Å². The van der Waals surface area contributed by atoms with Gasteiger partial charge in [-0.05, 0) is 62.1 Å². The maximum Gasteiger partial charge on any atom is 0.282 e. The molecule has 4 fully saturated rings. The quantitative estimate of drug-likeness (QED) is 0.246. The van der Waals surface area contributed by atoms with E-state index in [9.17, 15) is 4.39 Å². The SMILES string of the molecule is CC(C)C(C1CC(Nc2cncnc2)C1)N1CC2(CCN(c3ncnnc3Oc3ccc(F)cc3-c3cncnc3C3CC3)C2)C1. The molecular formula is C34H39FN10O. The normalized spacial score (nSPS) is 22.8. The van der Waals surface area contributed by atoms with E-state index in [-0.39, 0.29) is 11.2 Å². The number of ether oxygens (including phenoxy) is 1. The Labute approximate surface area is 268 Å². The van der Waals surface area contributed by atoms with Crippen LogP contribution in [0.15, 0.2) is 55.8 Å². The molecule has 1 atom stereocenters. The van der Waals surface area contributed by atoms with Gasteiger partial charge in [0.25, 0.3) is 5.88 Å². The first-order chi connectivity index (χ1) is 22.4. The monoisotopic (exact) mass is 622 g/mol. The number of likely N-dealkylation sites (tertiary alicyclic amines) is 1. The van der Waals surface area contributed by atoms with Gasteiger partial charge >= 0.3 is 0 Å². The molecule has 46 heavy (non-hydrogen) atoms. The maximum absolute atomic E-state index is 14.5. The summed E-state index contributed by atoms with van der Waals surface area (Å²) in [4.78, 5) is 26.7. The van der Waals surface area contributed by atoms with Crippen molar-refractivity contribution in [3.63, 3.8) is 0 Å². The number of anilines is 2. The second-order valence-corrected chi connectivity index (χ2v) is 13.9. The number of nitrogens with zero attached hydrogens (tertiary/aromatic N) is 9. The van der Waals surface area contributed by atoms with Crippen LogP contribution in [0.3, 0.4) is 0 Å². The van der Waals surface area contributed by atoms with Crippen molar-refractivity contribution >= 4 is 11.5 Å². The lowest BCUT2D eigenvalue weighted by Gasteiger charge is -2.57. The van der Waals surface area contributed by atoms with Gasteiger partial charge in [0.2, 0.25) is 0 Å². The van der Waals surface area contributed by atoms with Crippen molar-refractivity contribution in [3.05, 3.63) is 67.3 Å². The van der Waals surface area contributed by atoms with Crippen molar-refractivity contribution in [1.29, 1.82) is 0 Å². The highest BCUT2D eigenvalue weighted by molar-refractivity contribution is 5.73. The van der Waals surface area contributed by atoms with Crippen molar-refractivity contribution in [2.24, 2.45) is 17.3 Å². The van der Waals surface area contributed by atoms with Crippen LogP contribution in [0.25, 0.3) is 11.1 Å². The predicted octanol–water partition coefficient (Wildman–Crippen LogP) is 5.35. The standard InChI is InChI=1S/C34H39FN10O/c1-21(2)31(23-9-25(10-23)42-26-12-36-18-37-13-26)45-16-34(17-45)7-8-44(15-34)32-33(43-41-20-40-32)46-29-6-5-24(35)11-27(29)28-14-38-19-39-30(28)22-3-4-22/h5-6,11-14,18-23,25,31,42H,3-4,7-10,15-17H2,1-2H3. The average molecular weight is 623 g/mol. The third kappa shape index (κ3) is 5.63. The summed E-state index contributed by atoms with van der Waals surface area (Å²) in [6.07, 6.45) is 15.6. The van der Waals surface area contributed by atoms with E-state index in [2.05, 4.69) is 64.1 Å². The Morgan fingerprint density at radius 3 is 2.54 bits per heavy atom. The van der Waals surface area contributed by atoms with Gasteiger partial charge in [0.05, 0.1) is 23.8 Å². The average Bonchev–Trinajstić information content (AvgIpc) is 3.79. The number of hydrogen-bond acceptors (Lipinski definition) is 11. The van der Waals surface area contributed by atoms with Gasteiger partial charge in [-0.2, -0.15) is 0 Å². The fraction of sp³-hybridized carbons (Fsp3) is 0.500. The third-order valence-electron chi connectivity index (χ3n) is 10.2. The Morgan fingerprint density at radius 2 is 1.76 bits per heavy atom. The van der Waals surface area contributed by atoms with Gasteiger partial charge in [-0.15, -0.1) is 10.2 Å². The first-order valence-electron chi connectivity index (χ1n) is 16.4. The molecule has 4 aromatic rings. The van der Waals surface area contributed by atoms with E-state index in [4.69, 9.17) is 4.74 Å². The highest BCUT2D eigenvalue weighted by Crippen LogP contribution is 2.48. The molecule has 0 amide bonds. The van der Waals surface area contributed by atoms with Gasteiger partial charge in [0.1, 0.15) is 30.5 Å². The smallest absolute Gasteiger partial charge is 0.282 e. The summed E-state index contributed by atoms with van der Waals surface area (Å²) < 4.78 is 21.0. The van der Waals surface area contributed by atoms with Crippen LogP contribution in [0.1, 0.15) is 57.6 Å². The number of aromatic nitrogens is 7. The molecule has 2 saturated heterocycles. The summed E-state index contributed by atoms with van der Waals surface area (Å²) >= 11 is 0. The molecule has 1 N–H and O–H groups in total. The molecule has 4 aliphatic rings. The highest BCUT2D eigenvalue weighted by atomic mass is 19.1. The van der Waals surface area contributed by atoms with Crippen LogP contribution in [0, 0.1) is 23.1 Å². The Balaban J connectivity index is 0.946. The summed E-state index contributed by atoms with van der Waals surface area (Å²) in [7, 11) is 0. The third-order valence-corrected chi connectivity index (χ3v) is 10.2. The highest BCUT2D eigenvalue weighted by Gasteiger charge is 2.53. The van der Waals surface area contributed by atoms with E-state index >= 15 is 0 Å². The molecule has 2 saturated carbocycles. The Bertz CT molecular complexity index is 1690. The van der Waals surface area contributed by atoms with Crippen molar-refractivity contribution < 1.29 is 9.13 Å². The summed E-state index contributed by atoms with van der Waals surface area (Å²) in [6.45, 7) is 8.65. The molecule has 2 aliphatic carbocycles. The second-order valence-electron chi connectivity index (χ2n) is 13.9. The summed E-state index contributed by atoms with van der Waals surface area (Å²) in [5.41, 5.74) is 3.54. The molecule has 0 radical (unpaired) electrons. The molecule has 1 spiro atoms.